The van der Waals surface area contributed by atoms with E-state index in [1.54, 1.807) is 11.8 Å². The Morgan fingerprint density at radius 1 is 1.44 bits per heavy atom. The number of thioether (sulfide) groups is 1. The average Bonchev–Trinajstić information content (AvgIpc) is 3.05. The summed E-state index contributed by atoms with van der Waals surface area (Å²) in [7, 11) is 0. The number of carbonyl (C=O) groups excluding carboxylic acids is 1. The Hall–Kier alpha value is -0.700. The molecule has 1 aromatic heterocycles. The molecule has 0 aromatic carbocycles. The van der Waals surface area contributed by atoms with Crippen molar-refractivity contribution in [3.8, 4) is 0 Å². The van der Waals surface area contributed by atoms with E-state index in [2.05, 4.69) is 38.3 Å². The van der Waals surface area contributed by atoms with Crippen LogP contribution in [0.3, 0.4) is 0 Å². The minimum Gasteiger partial charge on any atom is -0.345 e. The number of rotatable bonds is 6. The van der Waals surface area contributed by atoms with Crippen LogP contribution in [-0.2, 0) is 0 Å². The second-order valence-electron chi connectivity index (χ2n) is 5.72. The molecule has 0 aliphatic heterocycles. The Kier molecular flexibility index (Phi) is 4.21. The van der Waals surface area contributed by atoms with E-state index in [1.807, 2.05) is 0 Å². The van der Waals surface area contributed by atoms with Crippen molar-refractivity contribution in [1.82, 2.24) is 4.57 Å². The first-order valence-corrected chi connectivity index (χ1v) is 7.95. The summed E-state index contributed by atoms with van der Waals surface area (Å²) >= 11 is 1.75. The van der Waals surface area contributed by atoms with Crippen LogP contribution in [0.1, 0.15) is 54.5 Å². The van der Waals surface area contributed by atoms with E-state index in [1.165, 1.54) is 24.2 Å². The lowest BCUT2D eigenvalue weighted by Crippen LogP contribution is -2.07. The van der Waals surface area contributed by atoms with E-state index < -0.39 is 0 Å². The zero-order valence-electron chi connectivity index (χ0n) is 11.8. The molecule has 1 aliphatic rings. The topological polar surface area (TPSA) is 22.0 Å². The maximum Gasteiger partial charge on any atom is 0.174 e. The molecule has 0 bridgehead atoms. The summed E-state index contributed by atoms with van der Waals surface area (Å²) in [4.78, 5) is 12.2. The Bertz CT molecular complexity index is 444. The van der Waals surface area contributed by atoms with Gasteiger partial charge < -0.3 is 4.57 Å². The Balaban J connectivity index is 2.04. The molecule has 2 nitrogen and oxygen atoms in total. The summed E-state index contributed by atoms with van der Waals surface area (Å²) in [5.74, 6) is 2.63. The van der Waals surface area contributed by atoms with E-state index in [0.29, 0.717) is 23.5 Å². The van der Waals surface area contributed by atoms with Gasteiger partial charge in [-0.15, -0.1) is 0 Å². The van der Waals surface area contributed by atoms with Gasteiger partial charge in [-0.1, -0.05) is 13.8 Å². The molecule has 0 unspecified atom stereocenters. The highest BCUT2D eigenvalue weighted by molar-refractivity contribution is 7.99. The fourth-order valence-electron chi connectivity index (χ4n) is 2.42. The zero-order valence-corrected chi connectivity index (χ0v) is 12.6. The first-order valence-electron chi connectivity index (χ1n) is 6.80. The first-order chi connectivity index (χ1) is 8.50. The molecule has 0 amide bonds. The second-order valence-corrected chi connectivity index (χ2v) is 6.75. The standard InChI is InChI=1S/C15H23NOS/c1-10(2)8-18-9-15(17)14-7-11(3)16(12(14)4)13-5-6-13/h7,10,13H,5-6,8-9H2,1-4H3. The van der Waals surface area contributed by atoms with E-state index in [9.17, 15) is 4.79 Å². The molecule has 0 atom stereocenters. The van der Waals surface area contributed by atoms with Gasteiger partial charge in [0.2, 0.25) is 0 Å². The lowest BCUT2D eigenvalue weighted by molar-refractivity contribution is 0.102. The number of nitrogens with zero attached hydrogens (tertiary/aromatic N) is 1. The van der Waals surface area contributed by atoms with Gasteiger partial charge in [0, 0.05) is 23.0 Å². The van der Waals surface area contributed by atoms with E-state index in [0.717, 1.165) is 11.3 Å². The van der Waals surface area contributed by atoms with Gasteiger partial charge in [0.25, 0.3) is 0 Å². The zero-order chi connectivity index (χ0) is 13.3. The van der Waals surface area contributed by atoms with Crippen molar-refractivity contribution < 1.29 is 4.79 Å². The van der Waals surface area contributed by atoms with Crippen LogP contribution in [-0.4, -0.2) is 21.9 Å². The van der Waals surface area contributed by atoms with E-state index in [4.69, 9.17) is 0 Å². The molecule has 2 rings (SSSR count). The third-order valence-electron chi connectivity index (χ3n) is 3.38. The SMILES string of the molecule is Cc1cc(C(=O)CSCC(C)C)c(C)n1C1CC1. The summed E-state index contributed by atoms with van der Waals surface area (Å²) in [6, 6.07) is 2.74. The fraction of sp³-hybridized carbons (Fsp3) is 0.667. The monoisotopic (exact) mass is 265 g/mol. The van der Waals surface area contributed by atoms with Crippen LogP contribution in [0.5, 0.6) is 0 Å². The molecule has 1 heterocycles. The Morgan fingerprint density at radius 3 is 2.67 bits per heavy atom. The highest BCUT2D eigenvalue weighted by Gasteiger charge is 2.28. The van der Waals surface area contributed by atoms with Crippen molar-refractivity contribution >= 4 is 17.5 Å². The van der Waals surface area contributed by atoms with Crippen molar-refractivity contribution in [2.45, 2.75) is 46.6 Å². The van der Waals surface area contributed by atoms with Crippen LogP contribution in [0.4, 0.5) is 0 Å². The van der Waals surface area contributed by atoms with E-state index in [-0.39, 0.29) is 0 Å². The third kappa shape index (κ3) is 3.00. The van der Waals surface area contributed by atoms with Crippen molar-refractivity contribution in [3.05, 3.63) is 23.0 Å². The predicted octanol–water partition coefficient (Wildman–Crippen LogP) is 4.01. The molecular weight excluding hydrogens is 242 g/mol. The van der Waals surface area contributed by atoms with Crippen molar-refractivity contribution in [3.63, 3.8) is 0 Å². The number of Topliss-reactive ketones (excluding diaryl/α,β-unsaturated/α-hetero) is 1. The van der Waals surface area contributed by atoms with Gasteiger partial charge >= 0.3 is 0 Å². The summed E-state index contributed by atoms with van der Waals surface area (Å²) in [5.41, 5.74) is 3.35. The summed E-state index contributed by atoms with van der Waals surface area (Å²) in [5, 5.41) is 0. The largest absolute Gasteiger partial charge is 0.345 e. The van der Waals surface area contributed by atoms with Crippen molar-refractivity contribution in [2.75, 3.05) is 11.5 Å². The van der Waals surface area contributed by atoms with Gasteiger partial charge in [0.15, 0.2) is 5.78 Å². The summed E-state index contributed by atoms with van der Waals surface area (Å²) in [6.45, 7) is 8.59. The molecule has 100 valence electrons. The number of carbonyl (C=O) groups is 1. The van der Waals surface area contributed by atoms with E-state index >= 15 is 0 Å². The molecule has 1 aromatic rings. The molecule has 18 heavy (non-hydrogen) atoms. The molecule has 0 spiro atoms. The molecule has 1 fully saturated rings. The van der Waals surface area contributed by atoms with Crippen LogP contribution in [0.2, 0.25) is 0 Å². The van der Waals surface area contributed by atoms with Crippen LogP contribution in [0.15, 0.2) is 6.07 Å². The van der Waals surface area contributed by atoms with Gasteiger partial charge in [-0.3, -0.25) is 4.79 Å². The van der Waals surface area contributed by atoms with Crippen molar-refractivity contribution in [1.29, 1.82) is 0 Å². The van der Waals surface area contributed by atoms with Gasteiger partial charge in [0.05, 0.1) is 5.75 Å². The number of ketones is 1. The number of hydrogen-bond acceptors (Lipinski definition) is 2. The molecule has 0 N–H and O–H groups in total. The first kappa shape index (κ1) is 13.7. The summed E-state index contributed by atoms with van der Waals surface area (Å²) < 4.78 is 2.35. The van der Waals surface area contributed by atoms with Crippen molar-refractivity contribution in [2.24, 2.45) is 5.92 Å². The molecule has 3 heteroatoms. The number of aryl methyl sites for hydroxylation is 1. The Labute approximate surface area is 114 Å². The normalized spacial score (nSPS) is 15.4. The highest BCUT2D eigenvalue weighted by Crippen LogP contribution is 2.38. The molecule has 0 saturated heterocycles. The van der Waals surface area contributed by atoms with Crippen LogP contribution < -0.4 is 0 Å². The minimum absolute atomic E-state index is 0.292. The van der Waals surface area contributed by atoms with Gasteiger partial charge in [-0.25, -0.2) is 0 Å². The van der Waals surface area contributed by atoms with Crippen LogP contribution in [0.25, 0.3) is 0 Å². The smallest absolute Gasteiger partial charge is 0.174 e. The van der Waals surface area contributed by atoms with Gasteiger partial charge in [0.1, 0.15) is 0 Å². The molecular formula is C15H23NOS. The lowest BCUT2D eigenvalue weighted by atomic mass is 10.2. The quantitative estimate of drug-likeness (QED) is 0.725. The average molecular weight is 265 g/mol. The minimum atomic E-state index is 0.292. The maximum absolute atomic E-state index is 12.2. The van der Waals surface area contributed by atoms with Crippen LogP contribution >= 0.6 is 11.8 Å². The van der Waals surface area contributed by atoms with Gasteiger partial charge in [-0.05, 0) is 44.4 Å². The number of hydrogen-bond donors (Lipinski definition) is 0. The number of aromatic nitrogens is 1. The highest BCUT2D eigenvalue weighted by atomic mass is 32.2. The third-order valence-corrected chi connectivity index (χ3v) is 4.75. The maximum atomic E-state index is 12.2. The Morgan fingerprint density at radius 2 is 2.11 bits per heavy atom. The van der Waals surface area contributed by atoms with Gasteiger partial charge in [-0.2, -0.15) is 11.8 Å². The van der Waals surface area contributed by atoms with Crippen LogP contribution in [0, 0.1) is 19.8 Å². The lowest BCUT2D eigenvalue weighted by Gasteiger charge is -2.07. The second kappa shape index (κ2) is 5.52. The molecule has 1 aliphatic carbocycles. The fourth-order valence-corrected chi connectivity index (χ4v) is 3.35. The molecule has 0 radical (unpaired) electrons. The molecule has 1 saturated carbocycles. The summed E-state index contributed by atoms with van der Waals surface area (Å²) in [6.07, 6.45) is 2.54. The predicted molar refractivity (Wildman–Crippen MR) is 78.7 cm³/mol.